The minimum Gasteiger partial charge on any atom is -0.330 e. The topological polar surface area (TPSA) is 26.0 Å². The third-order valence-electron chi connectivity index (χ3n) is 5.91. The molecule has 1 aromatic carbocycles. The Morgan fingerprint density at radius 3 is 2.76 bits per heavy atom. The highest BCUT2D eigenvalue weighted by atomic mass is 14.6. The van der Waals surface area contributed by atoms with Crippen LogP contribution in [0.3, 0.4) is 0 Å². The van der Waals surface area contributed by atoms with Gasteiger partial charge in [-0.2, -0.15) is 0 Å². The van der Waals surface area contributed by atoms with Gasteiger partial charge in [-0.25, -0.2) is 0 Å². The number of hydrogen-bond acceptors (Lipinski definition) is 1. The lowest BCUT2D eigenvalue weighted by atomic mass is 9.70. The average molecular weight is 285 g/mol. The van der Waals surface area contributed by atoms with E-state index in [0.29, 0.717) is 0 Å². The molecule has 1 nitrogen and oxygen atoms in total. The van der Waals surface area contributed by atoms with E-state index < -0.39 is 0 Å². The fourth-order valence-corrected chi connectivity index (χ4v) is 4.71. The zero-order valence-electron chi connectivity index (χ0n) is 13.6. The van der Waals surface area contributed by atoms with Crippen molar-refractivity contribution in [1.29, 1.82) is 0 Å². The Bertz CT molecular complexity index is 465. The fourth-order valence-electron chi connectivity index (χ4n) is 4.71. The maximum Gasteiger partial charge on any atom is -0.00461 e. The molecule has 2 N–H and O–H groups in total. The van der Waals surface area contributed by atoms with Crippen LogP contribution in [0.2, 0.25) is 0 Å². The second-order valence-corrected chi connectivity index (χ2v) is 7.38. The van der Waals surface area contributed by atoms with E-state index in [2.05, 4.69) is 25.1 Å². The minimum absolute atomic E-state index is 0.756. The Kier molecular flexibility index (Phi) is 5.00. The van der Waals surface area contributed by atoms with E-state index in [1.165, 1.54) is 57.8 Å². The Morgan fingerprint density at radius 1 is 1.10 bits per heavy atom. The molecule has 1 fully saturated rings. The molecule has 0 aromatic heterocycles. The molecule has 2 aliphatic carbocycles. The van der Waals surface area contributed by atoms with Crippen LogP contribution in [-0.2, 0) is 19.3 Å². The largest absolute Gasteiger partial charge is 0.330 e. The molecule has 3 atom stereocenters. The first-order valence-corrected chi connectivity index (χ1v) is 9.11. The number of fused-ring (bicyclic) bond motifs is 1. The predicted octanol–water partition coefficient (Wildman–Crippen LogP) is 4.51. The van der Waals surface area contributed by atoms with Crippen LogP contribution in [0.5, 0.6) is 0 Å². The van der Waals surface area contributed by atoms with Crippen molar-refractivity contribution in [3.8, 4) is 0 Å². The smallest absolute Gasteiger partial charge is 0.00461 e. The van der Waals surface area contributed by atoms with E-state index in [9.17, 15) is 0 Å². The third-order valence-corrected chi connectivity index (χ3v) is 5.91. The Balaban J connectivity index is 1.68. The molecule has 3 rings (SSSR count). The molecule has 1 saturated carbocycles. The van der Waals surface area contributed by atoms with Crippen LogP contribution in [-0.4, -0.2) is 6.54 Å². The Hall–Kier alpha value is -0.820. The second-order valence-electron chi connectivity index (χ2n) is 7.38. The lowest BCUT2D eigenvalue weighted by molar-refractivity contribution is 0.175. The molecule has 0 heterocycles. The van der Waals surface area contributed by atoms with Crippen LogP contribution in [0.1, 0.15) is 62.1 Å². The van der Waals surface area contributed by atoms with Gasteiger partial charge in [-0.3, -0.25) is 0 Å². The first-order chi connectivity index (χ1) is 10.3. The normalized spacial score (nSPS) is 28.6. The van der Waals surface area contributed by atoms with Gasteiger partial charge in [0.15, 0.2) is 0 Å². The molecule has 0 spiro atoms. The van der Waals surface area contributed by atoms with Crippen molar-refractivity contribution in [2.75, 3.05) is 6.54 Å². The van der Waals surface area contributed by atoms with Gasteiger partial charge in [-0.1, -0.05) is 44.4 Å². The van der Waals surface area contributed by atoms with Crippen molar-refractivity contribution in [2.24, 2.45) is 23.5 Å². The van der Waals surface area contributed by atoms with Crippen LogP contribution in [0.4, 0.5) is 0 Å². The third kappa shape index (κ3) is 3.51. The lowest BCUT2D eigenvalue weighted by Gasteiger charge is -2.36. The highest BCUT2D eigenvalue weighted by Gasteiger charge is 2.29. The molecular weight excluding hydrogens is 254 g/mol. The van der Waals surface area contributed by atoms with E-state index in [4.69, 9.17) is 5.73 Å². The second kappa shape index (κ2) is 6.96. The molecule has 2 aliphatic rings. The molecule has 1 heteroatoms. The van der Waals surface area contributed by atoms with E-state index in [1.807, 2.05) is 0 Å². The van der Waals surface area contributed by atoms with Gasteiger partial charge in [0.25, 0.3) is 0 Å². The van der Waals surface area contributed by atoms with Crippen LogP contribution in [0.15, 0.2) is 18.2 Å². The molecule has 3 unspecified atom stereocenters. The van der Waals surface area contributed by atoms with E-state index in [0.717, 1.165) is 24.3 Å². The van der Waals surface area contributed by atoms with Crippen LogP contribution in [0, 0.1) is 17.8 Å². The van der Waals surface area contributed by atoms with Crippen molar-refractivity contribution >= 4 is 0 Å². The van der Waals surface area contributed by atoms with Gasteiger partial charge < -0.3 is 5.73 Å². The highest BCUT2D eigenvalue weighted by molar-refractivity contribution is 5.35. The summed E-state index contributed by atoms with van der Waals surface area (Å²) in [6.45, 7) is 3.21. The number of aryl methyl sites for hydroxylation is 2. The van der Waals surface area contributed by atoms with E-state index >= 15 is 0 Å². The molecule has 21 heavy (non-hydrogen) atoms. The summed E-state index contributed by atoms with van der Waals surface area (Å²) in [4.78, 5) is 0. The van der Waals surface area contributed by atoms with Crippen molar-refractivity contribution in [1.82, 2.24) is 0 Å². The quantitative estimate of drug-likeness (QED) is 0.846. The number of nitrogens with two attached hydrogens (primary N) is 1. The van der Waals surface area contributed by atoms with Crippen LogP contribution >= 0.6 is 0 Å². The molecule has 0 amide bonds. The molecule has 0 aliphatic heterocycles. The highest BCUT2D eigenvalue weighted by Crippen LogP contribution is 2.38. The van der Waals surface area contributed by atoms with Gasteiger partial charge in [0.05, 0.1) is 0 Å². The van der Waals surface area contributed by atoms with Gasteiger partial charge in [0.2, 0.25) is 0 Å². The molecule has 0 saturated heterocycles. The summed E-state index contributed by atoms with van der Waals surface area (Å²) in [5, 5.41) is 0. The Morgan fingerprint density at radius 2 is 1.95 bits per heavy atom. The van der Waals surface area contributed by atoms with Crippen molar-refractivity contribution in [3.05, 3.63) is 34.9 Å². The van der Waals surface area contributed by atoms with E-state index in [-0.39, 0.29) is 0 Å². The van der Waals surface area contributed by atoms with E-state index in [1.54, 1.807) is 16.7 Å². The molecule has 0 radical (unpaired) electrons. The summed E-state index contributed by atoms with van der Waals surface area (Å²) in [7, 11) is 0. The molecule has 1 aromatic rings. The van der Waals surface area contributed by atoms with Crippen LogP contribution in [0.25, 0.3) is 0 Å². The van der Waals surface area contributed by atoms with Gasteiger partial charge in [0.1, 0.15) is 0 Å². The predicted molar refractivity (Wildman–Crippen MR) is 90.5 cm³/mol. The maximum absolute atomic E-state index is 6.06. The minimum atomic E-state index is 0.756. The zero-order chi connectivity index (χ0) is 14.7. The summed E-state index contributed by atoms with van der Waals surface area (Å²) in [5.41, 5.74) is 10.8. The maximum atomic E-state index is 6.06. The van der Waals surface area contributed by atoms with Gasteiger partial charge >= 0.3 is 0 Å². The summed E-state index contributed by atoms with van der Waals surface area (Å²) in [5.74, 6) is 2.53. The van der Waals surface area contributed by atoms with Crippen molar-refractivity contribution in [2.45, 2.75) is 64.7 Å². The van der Waals surface area contributed by atoms with Crippen molar-refractivity contribution < 1.29 is 0 Å². The summed E-state index contributed by atoms with van der Waals surface area (Å²) in [6, 6.07) is 7.28. The lowest BCUT2D eigenvalue weighted by Crippen LogP contribution is -2.31. The summed E-state index contributed by atoms with van der Waals surface area (Å²) >= 11 is 0. The summed E-state index contributed by atoms with van der Waals surface area (Å²) < 4.78 is 0. The molecule has 0 bridgehead atoms. The standard InChI is InChI=1S/C20H31N/c1-2-4-15-7-10-19(14-21)20(11-15)13-16-8-9-17-5-3-6-18(17)12-16/h8-9,12,15,19-20H,2-7,10-11,13-14,21H2,1H3. The van der Waals surface area contributed by atoms with Gasteiger partial charge in [-0.15, -0.1) is 0 Å². The van der Waals surface area contributed by atoms with Crippen LogP contribution < -0.4 is 5.73 Å². The number of rotatable bonds is 5. The fraction of sp³-hybridized carbons (Fsp3) is 0.700. The monoisotopic (exact) mass is 285 g/mol. The zero-order valence-corrected chi connectivity index (χ0v) is 13.6. The average Bonchev–Trinajstić information content (AvgIpc) is 2.95. The molecular formula is C20H31N. The first kappa shape index (κ1) is 15.1. The molecule has 116 valence electrons. The van der Waals surface area contributed by atoms with Gasteiger partial charge in [0, 0.05) is 0 Å². The summed E-state index contributed by atoms with van der Waals surface area (Å²) in [6.07, 6.45) is 12.1. The first-order valence-electron chi connectivity index (χ1n) is 9.11. The number of benzene rings is 1. The Labute approximate surface area is 130 Å². The van der Waals surface area contributed by atoms with Crippen molar-refractivity contribution in [3.63, 3.8) is 0 Å². The number of hydrogen-bond donors (Lipinski definition) is 1. The van der Waals surface area contributed by atoms with Gasteiger partial charge in [-0.05, 0) is 79.5 Å². The SMILES string of the molecule is CCCC1CCC(CN)C(Cc2ccc3c(c2)CCC3)C1.